The zero-order valence-electron chi connectivity index (χ0n) is 11.1. The molecule has 2 rings (SSSR count). The van der Waals surface area contributed by atoms with E-state index in [0.29, 0.717) is 12.1 Å². The first-order valence-electron chi connectivity index (χ1n) is 6.10. The van der Waals surface area contributed by atoms with Crippen LogP contribution in [0.3, 0.4) is 0 Å². The second-order valence-corrected chi connectivity index (χ2v) is 6.46. The quantitative estimate of drug-likeness (QED) is 0.889. The third kappa shape index (κ3) is 3.46. The molecule has 0 bridgehead atoms. The summed E-state index contributed by atoms with van der Waals surface area (Å²) in [7, 11) is -2.08. The second kappa shape index (κ2) is 6.99. The predicted octanol–water partition coefficient (Wildman–Crippen LogP) is 0.748. The maximum atomic E-state index is 12.4. The highest BCUT2D eigenvalue weighted by Crippen LogP contribution is 2.18. The van der Waals surface area contributed by atoms with Gasteiger partial charge >= 0.3 is 0 Å². The number of nitrogens with zero attached hydrogens (tertiary/aromatic N) is 3. The molecule has 0 spiro atoms. The minimum Gasteiger partial charge on any atom is -0.315 e. The summed E-state index contributed by atoms with van der Waals surface area (Å²) in [5, 5.41) is 11.9. The molecule has 1 aliphatic rings. The standard InChI is InChI=1S/C12H16N4O2S.ClH/c1-16(11-3-2-5-14-9-11)19(17,18)12-7-10(8-13)4-6-15-12;/h4,6-7,11,14H,2-3,5,9H2,1H3;1H. The van der Waals surface area contributed by atoms with Crippen molar-refractivity contribution in [2.75, 3.05) is 20.1 Å². The highest BCUT2D eigenvalue weighted by molar-refractivity contribution is 7.89. The fourth-order valence-corrected chi connectivity index (χ4v) is 3.45. The van der Waals surface area contributed by atoms with E-state index in [4.69, 9.17) is 5.26 Å². The van der Waals surface area contributed by atoms with Crippen LogP contribution in [-0.2, 0) is 10.0 Å². The molecular formula is C12H17ClN4O2S. The zero-order chi connectivity index (χ0) is 13.9. The first-order valence-corrected chi connectivity index (χ1v) is 7.54. The van der Waals surface area contributed by atoms with Crippen molar-refractivity contribution in [3.05, 3.63) is 23.9 Å². The van der Waals surface area contributed by atoms with Crippen LogP contribution in [0.1, 0.15) is 18.4 Å². The maximum Gasteiger partial charge on any atom is 0.260 e. The van der Waals surface area contributed by atoms with E-state index in [1.807, 2.05) is 6.07 Å². The number of nitriles is 1. The van der Waals surface area contributed by atoms with E-state index in [1.165, 1.54) is 22.6 Å². The summed E-state index contributed by atoms with van der Waals surface area (Å²) in [5.41, 5.74) is 0.295. The Kier molecular flexibility index (Phi) is 5.89. The largest absolute Gasteiger partial charge is 0.315 e. The number of halogens is 1. The van der Waals surface area contributed by atoms with Gasteiger partial charge in [0.25, 0.3) is 10.0 Å². The van der Waals surface area contributed by atoms with Gasteiger partial charge in [0.2, 0.25) is 0 Å². The Morgan fingerprint density at radius 1 is 1.55 bits per heavy atom. The van der Waals surface area contributed by atoms with Crippen LogP contribution in [0.4, 0.5) is 0 Å². The molecule has 0 radical (unpaired) electrons. The Bertz CT molecular complexity index is 594. The number of hydrogen-bond acceptors (Lipinski definition) is 5. The van der Waals surface area contributed by atoms with E-state index in [9.17, 15) is 8.42 Å². The van der Waals surface area contributed by atoms with Gasteiger partial charge < -0.3 is 5.32 Å². The number of hydrogen-bond donors (Lipinski definition) is 1. The molecule has 1 fully saturated rings. The lowest BCUT2D eigenvalue weighted by atomic mass is 10.1. The number of likely N-dealkylation sites (N-methyl/N-ethyl adjacent to an activating group) is 1. The van der Waals surface area contributed by atoms with Gasteiger partial charge in [0, 0.05) is 25.8 Å². The van der Waals surface area contributed by atoms with Crippen LogP contribution in [0.5, 0.6) is 0 Å². The molecule has 0 amide bonds. The minimum atomic E-state index is -3.64. The van der Waals surface area contributed by atoms with Crippen LogP contribution in [0, 0.1) is 11.3 Å². The van der Waals surface area contributed by atoms with Gasteiger partial charge in [0.05, 0.1) is 11.6 Å². The molecule has 8 heteroatoms. The average molecular weight is 317 g/mol. The molecule has 2 heterocycles. The number of nitrogens with one attached hydrogen (secondary N) is 1. The Labute approximate surface area is 125 Å². The van der Waals surface area contributed by atoms with Crippen molar-refractivity contribution < 1.29 is 8.42 Å². The Hall–Kier alpha value is -1.20. The van der Waals surface area contributed by atoms with Crippen molar-refractivity contribution in [2.45, 2.75) is 23.9 Å². The number of piperidine rings is 1. The first kappa shape index (κ1) is 16.9. The van der Waals surface area contributed by atoms with Crippen LogP contribution >= 0.6 is 12.4 Å². The van der Waals surface area contributed by atoms with Crippen LogP contribution in [0.2, 0.25) is 0 Å². The lowest BCUT2D eigenvalue weighted by molar-refractivity contribution is 0.299. The van der Waals surface area contributed by atoms with E-state index >= 15 is 0 Å². The fourth-order valence-electron chi connectivity index (χ4n) is 2.11. The minimum absolute atomic E-state index is 0. The third-order valence-corrected chi connectivity index (χ3v) is 5.10. The van der Waals surface area contributed by atoms with Gasteiger partial charge in [-0.05, 0) is 31.5 Å². The molecule has 110 valence electrons. The molecule has 1 atom stereocenters. The lowest BCUT2D eigenvalue weighted by Crippen LogP contribution is -2.46. The van der Waals surface area contributed by atoms with Crippen molar-refractivity contribution >= 4 is 22.4 Å². The third-order valence-electron chi connectivity index (χ3n) is 3.29. The molecule has 0 aliphatic carbocycles. The highest BCUT2D eigenvalue weighted by atomic mass is 35.5. The molecule has 1 aliphatic heterocycles. The molecule has 1 unspecified atom stereocenters. The van der Waals surface area contributed by atoms with Gasteiger partial charge in [-0.3, -0.25) is 0 Å². The van der Waals surface area contributed by atoms with Crippen LogP contribution in [0.15, 0.2) is 23.4 Å². The molecule has 20 heavy (non-hydrogen) atoms. The van der Waals surface area contributed by atoms with Crippen LogP contribution < -0.4 is 5.32 Å². The topological polar surface area (TPSA) is 86.1 Å². The normalized spacial score (nSPS) is 19.1. The van der Waals surface area contributed by atoms with Crippen molar-refractivity contribution in [2.24, 2.45) is 0 Å². The summed E-state index contributed by atoms with van der Waals surface area (Å²) in [6.07, 6.45) is 3.13. The smallest absolute Gasteiger partial charge is 0.260 e. The monoisotopic (exact) mass is 316 g/mol. The fraction of sp³-hybridized carbons (Fsp3) is 0.500. The van der Waals surface area contributed by atoms with Gasteiger partial charge in [-0.1, -0.05) is 0 Å². The summed E-state index contributed by atoms with van der Waals surface area (Å²) in [6.45, 7) is 1.57. The van der Waals surface area contributed by atoms with E-state index in [0.717, 1.165) is 19.4 Å². The summed E-state index contributed by atoms with van der Waals surface area (Å²) in [5.74, 6) is 0. The van der Waals surface area contributed by atoms with E-state index in [2.05, 4.69) is 10.3 Å². The number of sulfonamides is 1. The van der Waals surface area contributed by atoms with Gasteiger partial charge in [0.1, 0.15) is 0 Å². The summed E-state index contributed by atoms with van der Waals surface area (Å²) in [6, 6.07) is 4.65. The molecule has 0 aromatic carbocycles. The maximum absolute atomic E-state index is 12.4. The number of rotatable bonds is 3. The van der Waals surface area contributed by atoms with E-state index in [1.54, 1.807) is 7.05 Å². The summed E-state index contributed by atoms with van der Waals surface area (Å²) >= 11 is 0. The van der Waals surface area contributed by atoms with E-state index in [-0.39, 0.29) is 23.5 Å². The highest BCUT2D eigenvalue weighted by Gasteiger charge is 2.30. The Morgan fingerprint density at radius 3 is 2.90 bits per heavy atom. The van der Waals surface area contributed by atoms with Gasteiger partial charge in [0.15, 0.2) is 5.03 Å². The molecule has 1 saturated heterocycles. The molecule has 1 aromatic rings. The van der Waals surface area contributed by atoms with Gasteiger partial charge in [-0.2, -0.15) is 9.57 Å². The van der Waals surface area contributed by atoms with Gasteiger partial charge in [-0.15, -0.1) is 12.4 Å². The summed E-state index contributed by atoms with van der Waals surface area (Å²) in [4.78, 5) is 3.87. The first-order chi connectivity index (χ1) is 9.05. The Balaban J connectivity index is 0.00000200. The zero-order valence-corrected chi connectivity index (χ0v) is 12.7. The molecule has 6 nitrogen and oxygen atoms in total. The van der Waals surface area contributed by atoms with Crippen LogP contribution in [0.25, 0.3) is 0 Å². The predicted molar refractivity (Wildman–Crippen MR) is 77.0 cm³/mol. The number of aromatic nitrogens is 1. The van der Waals surface area contributed by atoms with E-state index < -0.39 is 10.0 Å². The van der Waals surface area contributed by atoms with Crippen LogP contribution in [-0.4, -0.2) is 43.9 Å². The SMILES string of the molecule is CN(C1CCCNC1)S(=O)(=O)c1cc(C#N)ccn1.Cl. The molecular weight excluding hydrogens is 300 g/mol. The van der Waals surface area contributed by atoms with Crippen molar-refractivity contribution in [3.63, 3.8) is 0 Å². The van der Waals surface area contributed by atoms with Crippen molar-refractivity contribution in [1.82, 2.24) is 14.6 Å². The van der Waals surface area contributed by atoms with Crippen molar-refractivity contribution in [3.8, 4) is 6.07 Å². The molecule has 1 aromatic heterocycles. The summed E-state index contributed by atoms with van der Waals surface area (Å²) < 4.78 is 26.2. The molecule has 0 saturated carbocycles. The van der Waals surface area contributed by atoms with Gasteiger partial charge in [-0.25, -0.2) is 13.4 Å². The average Bonchev–Trinajstić information content (AvgIpc) is 2.47. The van der Waals surface area contributed by atoms with Crippen molar-refractivity contribution in [1.29, 1.82) is 5.26 Å². The molecule has 1 N–H and O–H groups in total. The lowest BCUT2D eigenvalue weighted by Gasteiger charge is -2.30. The number of pyridine rings is 1. The Morgan fingerprint density at radius 2 is 2.30 bits per heavy atom. The second-order valence-electron chi connectivity index (χ2n) is 4.52.